The first kappa shape index (κ1) is 18.9. The van der Waals surface area contributed by atoms with Crippen molar-refractivity contribution >= 4 is 17.0 Å². The molecule has 0 aliphatic rings. The van der Waals surface area contributed by atoms with Gasteiger partial charge in [-0.15, -0.1) is 0 Å². The number of carbonyl (C=O) groups is 1. The van der Waals surface area contributed by atoms with Crippen molar-refractivity contribution in [3.05, 3.63) is 83.5 Å². The number of carbonyl (C=O) groups excluding carboxylic acids is 1. The highest BCUT2D eigenvalue weighted by Gasteiger charge is 2.11. The van der Waals surface area contributed by atoms with Crippen LogP contribution in [0.5, 0.6) is 0 Å². The Balaban J connectivity index is 1.36. The summed E-state index contributed by atoms with van der Waals surface area (Å²) in [4.78, 5) is 17.0. The number of hydrogen-bond acceptors (Lipinski definition) is 4. The fraction of sp³-hybridized carbons (Fsp3) is 0.261. The first-order valence-corrected chi connectivity index (χ1v) is 9.94. The van der Waals surface area contributed by atoms with Gasteiger partial charge in [-0.05, 0) is 43.5 Å². The summed E-state index contributed by atoms with van der Waals surface area (Å²) >= 11 is 0. The lowest BCUT2D eigenvalue weighted by molar-refractivity contribution is 0.0951. The van der Waals surface area contributed by atoms with Crippen LogP contribution in [-0.4, -0.2) is 20.7 Å². The molecule has 6 heteroatoms. The second-order valence-corrected chi connectivity index (χ2v) is 7.02. The molecule has 0 unspecified atom stereocenters. The Morgan fingerprint density at radius 1 is 1.10 bits per heavy atom. The van der Waals surface area contributed by atoms with Crippen molar-refractivity contribution < 1.29 is 9.21 Å². The molecule has 1 amide bonds. The third kappa shape index (κ3) is 4.71. The van der Waals surface area contributed by atoms with Gasteiger partial charge in [0.25, 0.3) is 5.91 Å². The number of aromatic nitrogens is 3. The zero-order chi connectivity index (χ0) is 20.1. The SMILES string of the molecule is CCn1cc(CNC(=O)c2ccc3oc(CCCc4ccccc4)nc3c2)cn1. The molecule has 0 aliphatic heterocycles. The highest BCUT2D eigenvalue weighted by molar-refractivity contribution is 5.97. The maximum atomic E-state index is 12.5. The van der Waals surface area contributed by atoms with Crippen molar-refractivity contribution in [2.75, 3.05) is 0 Å². The summed E-state index contributed by atoms with van der Waals surface area (Å²) in [6.07, 6.45) is 6.43. The van der Waals surface area contributed by atoms with Gasteiger partial charge in [0.2, 0.25) is 0 Å². The van der Waals surface area contributed by atoms with Crippen LogP contribution in [0.3, 0.4) is 0 Å². The maximum absolute atomic E-state index is 12.5. The van der Waals surface area contributed by atoms with E-state index < -0.39 is 0 Å². The molecule has 4 rings (SSSR count). The number of hydrogen-bond donors (Lipinski definition) is 1. The van der Waals surface area contributed by atoms with Gasteiger partial charge < -0.3 is 9.73 Å². The highest BCUT2D eigenvalue weighted by atomic mass is 16.3. The molecule has 2 heterocycles. The minimum atomic E-state index is -0.134. The molecule has 0 fully saturated rings. The Morgan fingerprint density at radius 3 is 2.76 bits per heavy atom. The molecule has 0 radical (unpaired) electrons. The molecule has 0 aliphatic carbocycles. The van der Waals surface area contributed by atoms with E-state index in [-0.39, 0.29) is 5.91 Å². The minimum Gasteiger partial charge on any atom is -0.441 e. The Kier molecular flexibility index (Phi) is 5.70. The monoisotopic (exact) mass is 388 g/mol. The van der Waals surface area contributed by atoms with Gasteiger partial charge in [-0.2, -0.15) is 5.10 Å². The molecule has 0 saturated carbocycles. The third-order valence-electron chi connectivity index (χ3n) is 4.86. The molecule has 2 aromatic heterocycles. The van der Waals surface area contributed by atoms with E-state index in [0.29, 0.717) is 29.1 Å². The topological polar surface area (TPSA) is 73.0 Å². The Morgan fingerprint density at radius 2 is 1.97 bits per heavy atom. The van der Waals surface area contributed by atoms with E-state index in [0.717, 1.165) is 31.4 Å². The minimum absolute atomic E-state index is 0.134. The zero-order valence-electron chi connectivity index (χ0n) is 16.5. The zero-order valence-corrected chi connectivity index (χ0v) is 16.5. The van der Waals surface area contributed by atoms with E-state index in [2.05, 4.69) is 39.7 Å². The fourth-order valence-corrected chi connectivity index (χ4v) is 3.27. The van der Waals surface area contributed by atoms with E-state index in [1.807, 2.05) is 29.9 Å². The average molecular weight is 388 g/mol. The van der Waals surface area contributed by atoms with Crippen LogP contribution in [-0.2, 0) is 25.9 Å². The van der Waals surface area contributed by atoms with Gasteiger partial charge in [0.15, 0.2) is 11.5 Å². The van der Waals surface area contributed by atoms with Crippen molar-refractivity contribution in [2.24, 2.45) is 0 Å². The molecule has 0 bridgehead atoms. The van der Waals surface area contributed by atoms with E-state index in [1.165, 1.54) is 5.56 Å². The van der Waals surface area contributed by atoms with Crippen LogP contribution in [0.25, 0.3) is 11.1 Å². The lowest BCUT2D eigenvalue weighted by Gasteiger charge is -2.03. The summed E-state index contributed by atoms with van der Waals surface area (Å²) in [6, 6.07) is 15.8. The van der Waals surface area contributed by atoms with Gasteiger partial charge in [-0.1, -0.05) is 30.3 Å². The number of fused-ring (bicyclic) bond motifs is 1. The summed E-state index contributed by atoms with van der Waals surface area (Å²) in [7, 11) is 0. The van der Waals surface area contributed by atoms with E-state index >= 15 is 0 Å². The second kappa shape index (κ2) is 8.73. The molecule has 0 spiro atoms. The summed E-state index contributed by atoms with van der Waals surface area (Å²) in [5, 5.41) is 7.14. The molecular weight excluding hydrogens is 364 g/mol. The lowest BCUT2D eigenvalue weighted by atomic mass is 10.1. The fourth-order valence-electron chi connectivity index (χ4n) is 3.27. The van der Waals surface area contributed by atoms with Crippen molar-refractivity contribution in [1.29, 1.82) is 0 Å². The summed E-state index contributed by atoms with van der Waals surface area (Å²) in [5.74, 6) is 0.574. The highest BCUT2D eigenvalue weighted by Crippen LogP contribution is 2.19. The number of oxazole rings is 1. The first-order valence-electron chi connectivity index (χ1n) is 9.94. The van der Waals surface area contributed by atoms with Crippen molar-refractivity contribution in [3.63, 3.8) is 0 Å². The summed E-state index contributed by atoms with van der Waals surface area (Å²) < 4.78 is 7.67. The molecule has 6 nitrogen and oxygen atoms in total. The van der Waals surface area contributed by atoms with Crippen LogP contribution < -0.4 is 5.32 Å². The molecule has 2 aromatic carbocycles. The average Bonchev–Trinajstić information content (AvgIpc) is 3.38. The van der Waals surface area contributed by atoms with Crippen LogP contribution in [0.2, 0.25) is 0 Å². The van der Waals surface area contributed by atoms with Crippen molar-refractivity contribution in [3.8, 4) is 0 Å². The van der Waals surface area contributed by atoms with Crippen LogP contribution in [0.1, 0.15) is 40.7 Å². The number of benzene rings is 2. The van der Waals surface area contributed by atoms with Crippen LogP contribution in [0.15, 0.2) is 65.3 Å². The molecule has 148 valence electrons. The van der Waals surface area contributed by atoms with E-state index in [4.69, 9.17) is 4.42 Å². The van der Waals surface area contributed by atoms with Crippen LogP contribution >= 0.6 is 0 Å². The van der Waals surface area contributed by atoms with E-state index in [1.54, 1.807) is 18.3 Å². The largest absolute Gasteiger partial charge is 0.441 e. The molecule has 4 aromatic rings. The molecule has 29 heavy (non-hydrogen) atoms. The predicted molar refractivity (Wildman–Crippen MR) is 112 cm³/mol. The number of rotatable bonds is 8. The van der Waals surface area contributed by atoms with Crippen LogP contribution in [0.4, 0.5) is 0 Å². The number of nitrogens with zero attached hydrogens (tertiary/aromatic N) is 3. The molecule has 0 atom stereocenters. The molecule has 1 N–H and O–H groups in total. The summed E-state index contributed by atoms with van der Waals surface area (Å²) in [5.41, 5.74) is 4.28. The smallest absolute Gasteiger partial charge is 0.251 e. The second-order valence-electron chi connectivity index (χ2n) is 7.02. The third-order valence-corrected chi connectivity index (χ3v) is 4.86. The standard InChI is InChI=1S/C23H24N4O2/c1-2-27-16-18(15-25-27)14-24-23(28)19-11-12-21-20(13-19)26-22(29-21)10-6-9-17-7-4-3-5-8-17/h3-5,7-8,11-13,15-16H,2,6,9-10,14H2,1H3,(H,24,28). The van der Waals surface area contributed by atoms with E-state index in [9.17, 15) is 4.79 Å². The normalized spacial score (nSPS) is 11.1. The molecule has 0 saturated heterocycles. The Labute approximate surface area is 169 Å². The number of aryl methyl sites for hydroxylation is 3. The van der Waals surface area contributed by atoms with Crippen molar-refractivity contribution in [1.82, 2.24) is 20.1 Å². The number of nitrogens with one attached hydrogen (secondary N) is 1. The van der Waals surface area contributed by atoms with Gasteiger partial charge >= 0.3 is 0 Å². The summed E-state index contributed by atoms with van der Waals surface area (Å²) in [6.45, 7) is 3.28. The first-order chi connectivity index (χ1) is 14.2. The Hall–Kier alpha value is -3.41. The van der Waals surface area contributed by atoms with Gasteiger partial charge in [-0.25, -0.2) is 4.98 Å². The molecular formula is C23H24N4O2. The van der Waals surface area contributed by atoms with Gasteiger partial charge in [0.1, 0.15) is 5.52 Å². The number of amides is 1. The van der Waals surface area contributed by atoms with Gasteiger partial charge in [0.05, 0.1) is 6.20 Å². The van der Waals surface area contributed by atoms with Gasteiger partial charge in [0, 0.05) is 36.8 Å². The maximum Gasteiger partial charge on any atom is 0.251 e. The predicted octanol–water partition coefficient (Wildman–Crippen LogP) is 4.15. The van der Waals surface area contributed by atoms with Gasteiger partial charge in [-0.3, -0.25) is 9.48 Å². The quantitative estimate of drug-likeness (QED) is 0.492. The van der Waals surface area contributed by atoms with Crippen molar-refractivity contribution in [2.45, 2.75) is 39.3 Å². The van der Waals surface area contributed by atoms with Crippen LogP contribution in [0, 0.1) is 0 Å². The Bertz CT molecular complexity index is 1100. The lowest BCUT2D eigenvalue weighted by Crippen LogP contribution is -2.22.